The average molecular weight is 968 g/mol. The molecule has 9 atom stereocenters. The van der Waals surface area contributed by atoms with Gasteiger partial charge in [0.2, 0.25) is 35.4 Å². The first kappa shape index (κ1) is 53.5. The maximum atomic E-state index is 14.7. The smallest absolute Gasteiger partial charge is 0.326 e. The van der Waals surface area contributed by atoms with Gasteiger partial charge in [-0.1, -0.05) is 75.2 Å². The zero-order chi connectivity index (χ0) is 50.7. The van der Waals surface area contributed by atoms with Crippen molar-refractivity contribution in [2.24, 2.45) is 17.4 Å². The molecule has 0 saturated heterocycles. The maximum Gasteiger partial charge on any atom is 0.326 e. The Balaban J connectivity index is 1.41. The molecule has 22 nitrogen and oxygen atoms in total. The number of amides is 6. The van der Waals surface area contributed by atoms with E-state index in [2.05, 4.69) is 56.8 Å². The van der Waals surface area contributed by atoms with Crippen LogP contribution >= 0.6 is 0 Å². The van der Waals surface area contributed by atoms with Crippen LogP contribution < -0.4 is 43.4 Å². The number of carbonyl (C=O) groups excluding carboxylic acids is 6. The molecule has 2 aromatic carbocycles. The number of unbranched alkanes of at least 4 members (excludes halogenated alkanes) is 1. The molecule has 6 amide bonds. The number of aromatic amines is 3. The Morgan fingerprint density at radius 1 is 0.629 bits per heavy atom. The van der Waals surface area contributed by atoms with Crippen molar-refractivity contribution in [2.75, 3.05) is 6.54 Å². The second kappa shape index (κ2) is 26.4. The number of para-hydroxylation sites is 1. The molecule has 0 radical (unpaired) electrons. The van der Waals surface area contributed by atoms with Crippen LogP contribution in [0.25, 0.3) is 10.9 Å². The van der Waals surface area contributed by atoms with Crippen LogP contribution in [-0.4, -0.2) is 131 Å². The van der Waals surface area contributed by atoms with Crippen molar-refractivity contribution in [3.05, 3.63) is 108 Å². The highest BCUT2D eigenvalue weighted by Crippen LogP contribution is 2.20. The lowest BCUT2D eigenvalue weighted by Crippen LogP contribution is -2.62. The van der Waals surface area contributed by atoms with Gasteiger partial charge in [-0.25, -0.2) is 14.8 Å². The predicted molar refractivity (Wildman–Crippen MR) is 258 cm³/mol. The van der Waals surface area contributed by atoms with Gasteiger partial charge in [-0.15, -0.1) is 0 Å². The Bertz CT molecular complexity index is 2480. The van der Waals surface area contributed by atoms with Crippen LogP contribution in [0.1, 0.15) is 69.0 Å². The Kier molecular flexibility index (Phi) is 20.2. The molecule has 22 heteroatoms. The first-order valence-corrected chi connectivity index (χ1v) is 23.3. The monoisotopic (exact) mass is 968 g/mol. The minimum Gasteiger partial charge on any atom is -0.480 e. The van der Waals surface area contributed by atoms with Crippen molar-refractivity contribution in [3.8, 4) is 0 Å². The van der Waals surface area contributed by atoms with Gasteiger partial charge in [-0.3, -0.25) is 28.8 Å². The van der Waals surface area contributed by atoms with E-state index in [1.165, 1.54) is 32.0 Å². The van der Waals surface area contributed by atoms with Crippen LogP contribution in [0, 0.1) is 5.92 Å². The fourth-order valence-electron chi connectivity index (χ4n) is 7.75. The van der Waals surface area contributed by atoms with E-state index in [0.29, 0.717) is 54.7 Å². The van der Waals surface area contributed by atoms with Gasteiger partial charge < -0.3 is 68.5 Å². The van der Waals surface area contributed by atoms with Gasteiger partial charge in [0.1, 0.15) is 36.3 Å². The summed E-state index contributed by atoms with van der Waals surface area (Å²) in [7, 11) is 0. The third-order valence-corrected chi connectivity index (χ3v) is 12.0. The van der Waals surface area contributed by atoms with Crippen LogP contribution in [0.5, 0.6) is 0 Å². The van der Waals surface area contributed by atoms with Gasteiger partial charge in [0.15, 0.2) is 0 Å². The van der Waals surface area contributed by atoms with Crippen molar-refractivity contribution >= 4 is 52.3 Å². The third-order valence-electron chi connectivity index (χ3n) is 12.0. The number of carboxylic acid groups (broad SMARTS) is 1. The van der Waals surface area contributed by atoms with E-state index in [-0.39, 0.29) is 31.6 Å². The second-order valence-corrected chi connectivity index (χ2v) is 17.4. The standard InChI is InChI=1S/C48H65N13O9/c1-4-27(2)40(60-42(63)34(50)15-10-11-17-49)46(67)58-36(19-30-22-53-35-16-9-8-14-33(30)35)43(64)56-37(20-31-23-51-25-54-31)44(65)57-38(21-32-24-52-26-55-32)45(66)61-41(28(3)62)47(68)59-39(48(69)70)18-29-12-6-5-7-13-29/h5-9,12-14,16,22-28,34,36-41,53,62H,4,10-11,15,17-21,49-50H2,1-3H3,(H,51,54)(H,52,55)(H,56,64)(H,57,65)(H,58,67)(H,59,68)(H,60,63)(H,61,66)(H,69,70)/t27-,28+,34-,36-,37-,38-,39-,40-,41-/m0/s1. The zero-order valence-electron chi connectivity index (χ0n) is 39.4. The first-order chi connectivity index (χ1) is 33.6. The zero-order valence-corrected chi connectivity index (χ0v) is 39.4. The minimum atomic E-state index is -1.67. The number of carboxylic acids is 1. The molecule has 5 rings (SSSR count). The molecule has 3 heterocycles. The highest BCUT2D eigenvalue weighted by atomic mass is 16.4. The first-order valence-electron chi connectivity index (χ1n) is 23.3. The summed E-state index contributed by atoms with van der Waals surface area (Å²) in [6.07, 6.45) is 7.46. The second-order valence-electron chi connectivity index (χ2n) is 17.4. The molecular formula is C48H65N13O9. The molecule has 0 bridgehead atoms. The largest absolute Gasteiger partial charge is 0.480 e. The van der Waals surface area contributed by atoms with E-state index in [4.69, 9.17) is 11.5 Å². The Labute approximate surface area is 404 Å². The number of fused-ring (bicyclic) bond motifs is 1. The van der Waals surface area contributed by atoms with Crippen LogP contribution in [0.15, 0.2) is 85.8 Å². The van der Waals surface area contributed by atoms with Gasteiger partial charge in [0, 0.05) is 55.2 Å². The van der Waals surface area contributed by atoms with Crippen LogP contribution in [0.3, 0.4) is 0 Å². The number of rotatable bonds is 28. The Morgan fingerprint density at radius 3 is 1.71 bits per heavy atom. The number of benzene rings is 2. The lowest BCUT2D eigenvalue weighted by atomic mass is 9.96. The molecule has 0 aliphatic rings. The molecule has 0 unspecified atom stereocenters. The van der Waals surface area contributed by atoms with E-state index in [1.807, 2.05) is 31.2 Å². The van der Waals surface area contributed by atoms with Gasteiger partial charge in [-0.2, -0.15) is 0 Å². The Hall–Kier alpha value is -7.43. The van der Waals surface area contributed by atoms with Crippen LogP contribution in [0.4, 0.5) is 0 Å². The van der Waals surface area contributed by atoms with Crippen molar-refractivity contribution in [1.29, 1.82) is 0 Å². The van der Waals surface area contributed by atoms with Gasteiger partial charge >= 0.3 is 5.97 Å². The average Bonchev–Trinajstić information content (AvgIpc) is 4.15. The predicted octanol–water partition coefficient (Wildman–Crippen LogP) is -0.239. The molecule has 3 aromatic heterocycles. The number of H-pyrrole nitrogens is 3. The molecule has 0 aliphatic carbocycles. The molecule has 0 spiro atoms. The third kappa shape index (κ3) is 15.5. The van der Waals surface area contributed by atoms with E-state index >= 15 is 0 Å². The highest BCUT2D eigenvalue weighted by Gasteiger charge is 2.36. The molecule has 0 fully saturated rings. The van der Waals surface area contributed by atoms with Gasteiger partial charge in [-0.05, 0) is 49.4 Å². The summed E-state index contributed by atoms with van der Waals surface area (Å²) in [5.74, 6) is -6.53. The number of aliphatic hydroxyl groups is 1. The number of imidazole rings is 2. The molecule has 0 aliphatic heterocycles. The van der Waals surface area contributed by atoms with Crippen molar-refractivity contribution in [2.45, 2.75) is 121 Å². The number of hydrogen-bond donors (Lipinski definition) is 13. The maximum absolute atomic E-state index is 14.7. The summed E-state index contributed by atoms with van der Waals surface area (Å²) in [5.41, 5.74) is 14.5. The topological polar surface area (TPSA) is 357 Å². The van der Waals surface area contributed by atoms with Crippen molar-refractivity contribution in [3.63, 3.8) is 0 Å². The normalized spacial score (nSPS) is 15.2. The number of nitrogens with two attached hydrogens (primary N) is 2. The number of nitrogens with zero attached hydrogens (tertiary/aromatic N) is 2. The van der Waals surface area contributed by atoms with E-state index in [9.17, 15) is 43.8 Å². The van der Waals surface area contributed by atoms with Gasteiger partial charge in [0.05, 0.1) is 36.2 Å². The number of aromatic nitrogens is 5. The molecule has 70 heavy (non-hydrogen) atoms. The molecule has 15 N–H and O–H groups in total. The fourth-order valence-corrected chi connectivity index (χ4v) is 7.75. The lowest BCUT2D eigenvalue weighted by molar-refractivity contribution is -0.143. The SMILES string of the molecule is CC[C@H](C)[C@H](NC(=O)[C@@H](N)CCCCN)C(=O)N[C@@H](Cc1c[nH]c2ccccc12)C(=O)N[C@@H](Cc1c[nH]cn1)C(=O)N[C@@H](Cc1c[nH]cn1)C(=O)N[C@H](C(=O)N[C@@H](Cc1ccccc1)C(=O)O)[C@@H](C)O. The summed E-state index contributed by atoms with van der Waals surface area (Å²) in [4.78, 5) is 114. The van der Waals surface area contributed by atoms with Crippen LogP contribution in [0.2, 0.25) is 0 Å². The molecule has 5 aromatic rings. The summed E-state index contributed by atoms with van der Waals surface area (Å²) < 4.78 is 0. The summed E-state index contributed by atoms with van der Waals surface area (Å²) in [6.45, 7) is 5.32. The number of nitrogens with one attached hydrogen (secondary N) is 9. The van der Waals surface area contributed by atoms with E-state index < -0.39 is 89.8 Å². The summed E-state index contributed by atoms with van der Waals surface area (Å²) in [5, 5.41) is 37.3. The number of aliphatic carboxylic acids is 1. The quantitative estimate of drug-likeness (QED) is 0.0288. The van der Waals surface area contributed by atoms with Gasteiger partial charge in [0.25, 0.3) is 0 Å². The summed E-state index contributed by atoms with van der Waals surface area (Å²) >= 11 is 0. The molecule has 0 saturated carbocycles. The number of carbonyl (C=O) groups is 7. The Morgan fingerprint density at radius 2 is 1.16 bits per heavy atom. The summed E-state index contributed by atoms with van der Waals surface area (Å²) in [6, 6.07) is 6.61. The van der Waals surface area contributed by atoms with Crippen molar-refractivity contribution in [1.82, 2.24) is 56.8 Å². The molecule has 376 valence electrons. The number of hydrogen-bond acceptors (Lipinski definition) is 12. The van der Waals surface area contributed by atoms with Crippen molar-refractivity contribution < 1.29 is 43.8 Å². The van der Waals surface area contributed by atoms with Crippen LogP contribution in [-0.2, 0) is 59.2 Å². The van der Waals surface area contributed by atoms with E-state index in [0.717, 1.165) is 10.9 Å². The highest BCUT2D eigenvalue weighted by molar-refractivity contribution is 5.98. The minimum absolute atomic E-state index is 0.0564. The number of aliphatic hydroxyl groups excluding tert-OH is 1. The van der Waals surface area contributed by atoms with E-state index in [1.54, 1.807) is 43.5 Å². The lowest BCUT2D eigenvalue weighted by Gasteiger charge is -2.29. The molecular weight excluding hydrogens is 903 g/mol. The fraction of sp³-hybridized carbons (Fsp3) is 0.438.